The number of rotatable bonds is 3. The van der Waals surface area contributed by atoms with Crippen LogP contribution in [0.4, 0.5) is 0 Å². The maximum atomic E-state index is 10.9. The highest BCUT2D eigenvalue weighted by Crippen LogP contribution is 2.12. The van der Waals surface area contributed by atoms with E-state index in [4.69, 9.17) is 5.73 Å². The summed E-state index contributed by atoms with van der Waals surface area (Å²) in [6.45, 7) is 1.88. The summed E-state index contributed by atoms with van der Waals surface area (Å²) in [5, 5.41) is 0. The lowest BCUT2D eigenvalue weighted by atomic mass is 10.1. The highest BCUT2D eigenvalue weighted by molar-refractivity contribution is 5.80. The fourth-order valence-corrected chi connectivity index (χ4v) is 1.00. The van der Waals surface area contributed by atoms with E-state index in [0.29, 0.717) is 12.2 Å². The van der Waals surface area contributed by atoms with Gasteiger partial charge in [-0.3, -0.25) is 4.79 Å². The first-order valence-electron chi connectivity index (χ1n) is 3.82. The van der Waals surface area contributed by atoms with Gasteiger partial charge in [0.15, 0.2) is 0 Å². The molecule has 1 unspecified atom stereocenters. The molecule has 64 valence electrons. The predicted octanol–water partition coefficient (Wildman–Crippen LogP) is 0.455. The van der Waals surface area contributed by atoms with Crippen LogP contribution in [0.25, 0.3) is 0 Å². The van der Waals surface area contributed by atoms with E-state index in [-0.39, 0.29) is 11.8 Å². The van der Waals surface area contributed by atoms with Crippen molar-refractivity contribution in [2.75, 3.05) is 0 Å². The van der Waals surface area contributed by atoms with Gasteiger partial charge in [-0.2, -0.15) is 0 Å². The molecular weight excluding hydrogens is 154 g/mol. The van der Waals surface area contributed by atoms with Crippen LogP contribution >= 0.6 is 0 Å². The number of amides is 1. The van der Waals surface area contributed by atoms with Gasteiger partial charge in [0.1, 0.15) is 5.82 Å². The van der Waals surface area contributed by atoms with Gasteiger partial charge in [0, 0.05) is 12.4 Å². The lowest BCUT2D eigenvalue weighted by Gasteiger charge is -2.07. The van der Waals surface area contributed by atoms with E-state index < -0.39 is 0 Å². The fourth-order valence-electron chi connectivity index (χ4n) is 1.00. The summed E-state index contributed by atoms with van der Waals surface area (Å²) in [5.41, 5.74) is 5.16. The van der Waals surface area contributed by atoms with Crippen LogP contribution in [0.5, 0.6) is 0 Å². The summed E-state index contributed by atoms with van der Waals surface area (Å²) in [5.74, 6) is -0.220. The molecule has 0 aliphatic carbocycles. The van der Waals surface area contributed by atoms with Crippen molar-refractivity contribution >= 4 is 5.91 Å². The molecule has 1 heterocycles. The van der Waals surface area contributed by atoms with E-state index in [1.807, 2.05) is 6.92 Å². The monoisotopic (exact) mass is 165 g/mol. The third-order valence-corrected chi connectivity index (χ3v) is 1.65. The molecule has 0 spiro atoms. The Morgan fingerprint density at radius 2 is 2.17 bits per heavy atom. The standard InChI is InChI=1S/C8H11N3O/c1-2-6(7(9)12)8-10-4-3-5-11-8/h3-6H,2H2,1H3,(H2,9,12). The van der Waals surface area contributed by atoms with Crippen LogP contribution in [0.3, 0.4) is 0 Å². The third-order valence-electron chi connectivity index (χ3n) is 1.65. The summed E-state index contributed by atoms with van der Waals surface area (Å²) in [4.78, 5) is 18.8. The van der Waals surface area contributed by atoms with E-state index in [1.54, 1.807) is 18.5 Å². The van der Waals surface area contributed by atoms with Crippen LogP contribution in [-0.2, 0) is 4.79 Å². The Morgan fingerprint density at radius 1 is 1.58 bits per heavy atom. The molecule has 1 aromatic rings. The number of hydrogen-bond acceptors (Lipinski definition) is 3. The molecule has 2 N–H and O–H groups in total. The Bertz CT molecular complexity index is 260. The Hall–Kier alpha value is -1.45. The number of carbonyl (C=O) groups is 1. The second kappa shape index (κ2) is 3.80. The van der Waals surface area contributed by atoms with E-state index in [0.717, 1.165) is 0 Å². The minimum Gasteiger partial charge on any atom is -0.369 e. The summed E-state index contributed by atoms with van der Waals surface area (Å²) >= 11 is 0. The van der Waals surface area contributed by atoms with Crippen molar-refractivity contribution < 1.29 is 4.79 Å². The van der Waals surface area contributed by atoms with E-state index in [2.05, 4.69) is 9.97 Å². The third kappa shape index (κ3) is 1.78. The smallest absolute Gasteiger partial charge is 0.228 e. The molecule has 0 saturated heterocycles. The predicted molar refractivity (Wildman–Crippen MR) is 44.3 cm³/mol. The molecule has 0 aromatic carbocycles. The van der Waals surface area contributed by atoms with Crippen LogP contribution in [0.2, 0.25) is 0 Å². The van der Waals surface area contributed by atoms with E-state index in [1.165, 1.54) is 0 Å². The first-order valence-corrected chi connectivity index (χ1v) is 3.82. The number of carbonyl (C=O) groups excluding carboxylic acids is 1. The van der Waals surface area contributed by atoms with Gasteiger partial charge in [-0.25, -0.2) is 9.97 Å². The number of primary amides is 1. The molecule has 0 radical (unpaired) electrons. The first kappa shape index (κ1) is 8.64. The normalized spacial score (nSPS) is 12.4. The molecule has 4 nitrogen and oxygen atoms in total. The number of hydrogen-bond donors (Lipinski definition) is 1. The van der Waals surface area contributed by atoms with Crippen LogP contribution in [0.1, 0.15) is 25.1 Å². The lowest BCUT2D eigenvalue weighted by Crippen LogP contribution is -2.22. The Morgan fingerprint density at radius 3 is 2.58 bits per heavy atom. The molecule has 0 aliphatic rings. The van der Waals surface area contributed by atoms with Gasteiger partial charge in [-0.05, 0) is 12.5 Å². The molecule has 0 aliphatic heterocycles. The molecule has 12 heavy (non-hydrogen) atoms. The molecule has 4 heteroatoms. The van der Waals surface area contributed by atoms with Gasteiger partial charge < -0.3 is 5.73 Å². The summed E-state index contributed by atoms with van der Waals surface area (Å²) in [7, 11) is 0. The SMILES string of the molecule is CCC(C(N)=O)c1ncccn1. The minimum atomic E-state index is -0.372. The lowest BCUT2D eigenvalue weighted by molar-refractivity contribution is -0.119. The van der Waals surface area contributed by atoms with Gasteiger partial charge in [-0.1, -0.05) is 6.92 Å². The molecule has 0 saturated carbocycles. The Balaban J connectivity index is 2.88. The topological polar surface area (TPSA) is 68.9 Å². The van der Waals surface area contributed by atoms with Gasteiger partial charge in [-0.15, -0.1) is 0 Å². The van der Waals surface area contributed by atoms with Gasteiger partial charge in [0.2, 0.25) is 5.91 Å². The maximum Gasteiger partial charge on any atom is 0.228 e. The van der Waals surface area contributed by atoms with Crippen molar-refractivity contribution in [2.24, 2.45) is 5.73 Å². The molecule has 0 bridgehead atoms. The van der Waals surface area contributed by atoms with Crippen molar-refractivity contribution in [3.63, 3.8) is 0 Å². The van der Waals surface area contributed by atoms with Crippen molar-refractivity contribution in [1.82, 2.24) is 9.97 Å². The van der Waals surface area contributed by atoms with Crippen molar-refractivity contribution in [3.05, 3.63) is 24.3 Å². The van der Waals surface area contributed by atoms with Crippen LogP contribution < -0.4 is 5.73 Å². The number of nitrogens with zero attached hydrogens (tertiary/aromatic N) is 2. The molecule has 1 amide bonds. The highest BCUT2D eigenvalue weighted by atomic mass is 16.1. The summed E-state index contributed by atoms with van der Waals surface area (Å²) in [6, 6.07) is 1.71. The second-order valence-electron chi connectivity index (χ2n) is 2.47. The second-order valence-corrected chi connectivity index (χ2v) is 2.47. The minimum absolute atomic E-state index is 0.355. The molecular formula is C8H11N3O. The van der Waals surface area contributed by atoms with Crippen LogP contribution in [0.15, 0.2) is 18.5 Å². The Labute approximate surface area is 70.8 Å². The fraction of sp³-hybridized carbons (Fsp3) is 0.375. The quantitative estimate of drug-likeness (QED) is 0.707. The average Bonchev–Trinajstić information content (AvgIpc) is 2.07. The zero-order valence-electron chi connectivity index (χ0n) is 6.90. The zero-order valence-corrected chi connectivity index (χ0v) is 6.90. The molecule has 1 rings (SSSR count). The van der Waals surface area contributed by atoms with Gasteiger partial charge in [0.05, 0.1) is 5.92 Å². The number of nitrogens with two attached hydrogens (primary N) is 1. The average molecular weight is 165 g/mol. The first-order chi connectivity index (χ1) is 5.75. The van der Waals surface area contributed by atoms with Crippen molar-refractivity contribution in [1.29, 1.82) is 0 Å². The molecule has 1 atom stereocenters. The van der Waals surface area contributed by atoms with Gasteiger partial charge in [0.25, 0.3) is 0 Å². The largest absolute Gasteiger partial charge is 0.369 e. The summed E-state index contributed by atoms with van der Waals surface area (Å²) < 4.78 is 0. The molecule has 0 fully saturated rings. The van der Waals surface area contributed by atoms with E-state index >= 15 is 0 Å². The van der Waals surface area contributed by atoms with E-state index in [9.17, 15) is 4.79 Å². The van der Waals surface area contributed by atoms with Crippen LogP contribution in [-0.4, -0.2) is 15.9 Å². The maximum absolute atomic E-state index is 10.9. The Kier molecular flexibility index (Phi) is 2.74. The zero-order chi connectivity index (χ0) is 8.97. The van der Waals surface area contributed by atoms with Crippen molar-refractivity contribution in [2.45, 2.75) is 19.3 Å². The molecule has 1 aromatic heterocycles. The number of aromatic nitrogens is 2. The van der Waals surface area contributed by atoms with Gasteiger partial charge >= 0.3 is 0 Å². The summed E-state index contributed by atoms with van der Waals surface area (Å²) in [6.07, 6.45) is 3.85. The highest BCUT2D eigenvalue weighted by Gasteiger charge is 2.17. The van der Waals surface area contributed by atoms with Crippen LogP contribution in [0, 0.1) is 0 Å². The van der Waals surface area contributed by atoms with Crippen molar-refractivity contribution in [3.8, 4) is 0 Å².